The van der Waals surface area contributed by atoms with Gasteiger partial charge in [0.1, 0.15) is 16.5 Å². The van der Waals surface area contributed by atoms with Crippen molar-refractivity contribution in [2.75, 3.05) is 14.2 Å². The van der Waals surface area contributed by atoms with Gasteiger partial charge in [0.2, 0.25) is 4.96 Å². The van der Waals surface area contributed by atoms with Gasteiger partial charge < -0.3 is 9.47 Å². The van der Waals surface area contributed by atoms with Crippen molar-refractivity contribution in [1.29, 1.82) is 0 Å². The molecule has 0 N–H and O–H groups in total. The molecule has 0 aliphatic rings. The van der Waals surface area contributed by atoms with E-state index in [4.69, 9.17) is 9.47 Å². The number of rotatable bonds is 6. The van der Waals surface area contributed by atoms with Gasteiger partial charge in [0, 0.05) is 18.9 Å². The highest BCUT2D eigenvalue weighted by atomic mass is 32.1. The molecule has 3 rings (SSSR count). The first kappa shape index (κ1) is 14.8. The third-order valence-corrected chi connectivity index (χ3v) is 4.24. The monoisotopic (exact) mass is 318 g/mol. The molecule has 7 heteroatoms. The summed E-state index contributed by atoms with van der Waals surface area (Å²) in [4.78, 5) is 0.841. The van der Waals surface area contributed by atoms with Crippen LogP contribution in [-0.4, -0.2) is 34.0 Å². The molecule has 0 bridgehead atoms. The molecule has 0 radical (unpaired) electrons. The van der Waals surface area contributed by atoms with E-state index in [1.807, 2.05) is 22.7 Å². The van der Waals surface area contributed by atoms with Gasteiger partial charge in [-0.1, -0.05) is 18.3 Å². The second kappa shape index (κ2) is 6.31. The van der Waals surface area contributed by atoms with Gasteiger partial charge in [-0.3, -0.25) is 0 Å². The van der Waals surface area contributed by atoms with Crippen LogP contribution in [0.2, 0.25) is 0 Å². The van der Waals surface area contributed by atoms with Crippen molar-refractivity contribution in [2.24, 2.45) is 0 Å². The molecule has 22 heavy (non-hydrogen) atoms. The van der Waals surface area contributed by atoms with E-state index in [0.717, 1.165) is 45.7 Å². The summed E-state index contributed by atoms with van der Waals surface area (Å²) in [5.74, 6) is 2.48. The molecule has 0 saturated carbocycles. The molecular formula is C15H18N4O2S. The van der Waals surface area contributed by atoms with Gasteiger partial charge in [-0.25, -0.2) is 0 Å². The van der Waals surface area contributed by atoms with Crippen molar-refractivity contribution in [3.05, 3.63) is 34.6 Å². The lowest BCUT2D eigenvalue weighted by molar-refractivity contribution is 0.393. The van der Waals surface area contributed by atoms with Crippen LogP contribution < -0.4 is 9.47 Å². The number of hydrogen-bond donors (Lipinski definition) is 0. The largest absolute Gasteiger partial charge is 0.497 e. The fraction of sp³-hybridized carbons (Fsp3) is 0.400. The van der Waals surface area contributed by atoms with Crippen molar-refractivity contribution in [3.8, 4) is 11.5 Å². The zero-order valence-electron chi connectivity index (χ0n) is 12.9. The van der Waals surface area contributed by atoms with Crippen LogP contribution in [0, 0.1) is 0 Å². The van der Waals surface area contributed by atoms with Crippen molar-refractivity contribution in [2.45, 2.75) is 26.2 Å². The third kappa shape index (κ3) is 2.89. The second-order valence-corrected chi connectivity index (χ2v) is 5.99. The molecule has 2 heterocycles. The van der Waals surface area contributed by atoms with Gasteiger partial charge in [-0.2, -0.15) is 9.61 Å². The van der Waals surface area contributed by atoms with E-state index in [2.05, 4.69) is 22.2 Å². The fourth-order valence-electron chi connectivity index (χ4n) is 2.29. The average molecular weight is 318 g/mol. The fourth-order valence-corrected chi connectivity index (χ4v) is 3.18. The predicted octanol–water partition coefficient (Wildman–Crippen LogP) is 2.75. The zero-order valence-corrected chi connectivity index (χ0v) is 13.7. The number of benzene rings is 1. The standard InChI is InChI=1S/C15H18N4O2S/c1-4-5-13-16-17-15-19(13)18-14(22-15)8-10-6-11(20-2)9-12(7-10)21-3/h6-7,9H,4-5,8H2,1-3H3. The average Bonchev–Trinajstić information content (AvgIpc) is 3.08. The molecule has 0 atom stereocenters. The van der Waals surface area contributed by atoms with Crippen LogP contribution in [0.25, 0.3) is 4.96 Å². The van der Waals surface area contributed by atoms with Crippen molar-refractivity contribution in [1.82, 2.24) is 19.8 Å². The Morgan fingerprint density at radius 1 is 1.09 bits per heavy atom. The molecule has 2 aromatic heterocycles. The second-order valence-electron chi connectivity index (χ2n) is 4.95. The maximum atomic E-state index is 5.31. The van der Waals surface area contributed by atoms with Gasteiger partial charge in [0.15, 0.2) is 5.82 Å². The molecule has 116 valence electrons. The van der Waals surface area contributed by atoms with Crippen LogP contribution >= 0.6 is 11.3 Å². The highest BCUT2D eigenvalue weighted by Gasteiger charge is 2.12. The van der Waals surface area contributed by atoms with Crippen LogP contribution in [0.3, 0.4) is 0 Å². The van der Waals surface area contributed by atoms with Gasteiger partial charge in [-0.15, -0.1) is 10.2 Å². The summed E-state index contributed by atoms with van der Waals surface area (Å²) in [5, 5.41) is 14.0. The summed E-state index contributed by atoms with van der Waals surface area (Å²) in [6, 6.07) is 5.86. The van der Waals surface area contributed by atoms with Crippen LogP contribution in [0.5, 0.6) is 11.5 Å². The lowest BCUT2D eigenvalue weighted by atomic mass is 10.1. The van der Waals surface area contributed by atoms with E-state index in [0.29, 0.717) is 6.42 Å². The van der Waals surface area contributed by atoms with E-state index in [-0.39, 0.29) is 0 Å². The number of methoxy groups -OCH3 is 2. The van der Waals surface area contributed by atoms with Crippen LogP contribution in [0.1, 0.15) is 29.7 Å². The van der Waals surface area contributed by atoms with E-state index in [1.165, 1.54) is 0 Å². The van der Waals surface area contributed by atoms with Gasteiger partial charge in [-0.05, 0) is 24.1 Å². The molecule has 3 aromatic rings. The molecule has 0 fully saturated rings. The highest BCUT2D eigenvalue weighted by Crippen LogP contribution is 2.25. The molecule has 6 nitrogen and oxygen atoms in total. The van der Waals surface area contributed by atoms with Gasteiger partial charge >= 0.3 is 0 Å². The summed E-state index contributed by atoms with van der Waals surface area (Å²) >= 11 is 1.56. The Morgan fingerprint density at radius 2 is 1.82 bits per heavy atom. The SMILES string of the molecule is CCCc1nnc2sc(Cc3cc(OC)cc(OC)c3)nn12. The molecule has 0 amide bonds. The molecule has 0 saturated heterocycles. The first-order valence-electron chi connectivity index (χ1n) is 7.15. The third-order valence-electron chi connectivity index (χ3n) is 3.34. The number of aryl methyl sites for hydroxylation is 1. The van der Waals surface area contributed by atoms with Crippen molar-refractivity contribution < 1.29 is 9.47 Å². The van der Waals surface area contributed by atoms with E-state index in [9.17, 15) is 0 Å². The minimum absolute atomic E-state index is 0.715. The van der Waals surface area contributed by atoms with Crippen molar-refractivity contribution in [3.63, 3.8) is 0 Å². The minimum Gasteiger partial charge on any atom is -0.497 e. The number of hydrogen-bond acceptors (Lipinski definition) is 6. The zero-order chi connectivity index (χ0) is 15.5. The smallest absolute Gasteiger partial charge is 0.234 e. The van der Waals surface area contributed by atoms with Gasteiger partial charge in [0.25, 0.3) is 0 Å². The number of nitrogens with zero attached hydrogens (tertiary/aromatic N) is 4. The number of fused-ring (bicyclic) bond motifs is 1. The maximum absolute atomic E-state index is 5.31. The summed E-state index contributed by atoms with van der Waals surface area (Å²) < 4.78 is 12.5. The Bertz CT molecular complexity index is 759. The normalized spacial score (nSPS) is 11.0. The summed E-state index contributed by atoms with van der Waals surface area (Å²) in [7, 11) is 3.30. The molecule has 0 aliphatic carbocycles. The topological polar surface area (TPSA) is 61.5 Å². The van der Waals surface area contributed by atoms with E-state index in [1.54, 1.807) is 25.6 Å². The number of ether oxygens (including phenoxy) is 2. The molecule has 1 aromatic carbocycles. The first-order valence-corrected chi connectivity index (χ1v) is 7.97. The van der Waals surface area contributed by atoms with Crippen LogP contribution in [0.15, 0.2) is 18.2 Å². The summed E-state index contributed by atoms with van der Waals surface area (Å²) in [6.45, 7) is 2.12. The van der Waals surface area contributed by atoms with Crippen molar-refractivity contribution >= 4 is 16.3 Å². The Labute approximate surface area is 132 Å². The summed E-state index contributed by atoms with van der Waals surface area (Å²) in [6.07, 6.45) is 2.63. The van der Waals surface area contributed by atoms with E-state index < -0.39 is 0 Å². The summed E-state index contributed by atoms with van der Waals surface area (Å²) in [5.41, 5.74) is 1.10. The maximum Gasteiger partial charge on any atom is 0.234 e. The Balaban J connectivity index is 1.89. The molecular weight excluding hydrogens is 300 g/mol. The Morgan fingerprint density at radius 3 is 2.45 bits per heavy atom. The van der Waals surface area contributed by atoms with Crippen LogP contribution in [-0.2, 0) is 12.8 Å². The lowest BCUT2D eigenvalue weighted by Gasteiger charge is -2.07. The number of aromatic nitrogens is 4. The Hall–Kier alpha value is -2.15. The lowest BCUT2D eigenvalue weighted by Crippen LogP contribution is -1.97. The Kier molecular flexibility index (Phi) is 4.24. The highest BCUT2D eigenvalue weighted by molar-refractivity contribution is 7.16. The van der Waals surface area contributed by atoms with Crippen LogP contribution in [0.4, 0.5) is 0 Å². The predicted molar refractivity (Wildman–Crippen MR) is 85.0 cm³/mol. The molecule has 0 aliphatic heterocycles. The molecule has 0 unspecified atom stereocenters. The molecule has 0 spiro atoms. The van der Waals surface area contributed by atoms with E-state index >= 15 is 0 Å². The quantitative estimate of drug-likeness (QED) is 0.699. The van der Waals surface area contributed by atoms with Gasteiger partial charge in [0.05, 0.1) is 14.2 Å². The first-order chi connectivity index (χ1) is 10.7. The minimum atomic E-state index is 0.715.